The van der Waals surface area contributed by atoms with Crippen LogP contribution in [0, 0.1) is 5.92 Å². The molecule has 26 heavy (non-hydrogen) atoms. The van der Waals surface area contributed by atoms with Gasteiger partial charge < -0.3 is 9.64 Å². The largest absolute Gasteiger partial charge is 0.469 e. The Morgan fingerprint density at radius 2 is 1.85 bits per heavy atom. The van der Waals surface area contributed by atoms with E-state index in [2.05, 4.69) is 0 Å². The highest BCUT2D eigenvalue weighted by atomic mass is 32.2. The first-order valence-corrected chi connectivity index (χ1v) is 10.2. The summed E-state index contributed by atoms with van der Waals surface area (Å²) in [6.45, 7) is 4.48. The van der Waals surface area contributed by atoms with E-state index in [-0.39, 0.29) is 16.8 Å². The maximum Gasteiger partial charge on any atom is 0.310 e. The quantitative estimate of drug-likeness (QED) is 0.618. The molecule has 0 heterocycles. The van der Waals surface area contributed by atoms with Gasteiger partial charge in [-0.2, -0.15) is 0 Å². The lowest BCUT2D eigenvalue weighted by atomic mass is 10.1. The molecule has 0 aliphatic carbocycles. The van der Waals surface area contributed by atoms with Crippen LogP contribution in [0.15, 0.2) is 29.2 Å². The van der Waals surface area contributed by atoms with Gasteiger partial charge in [-0.25, -0.2) is 13.6 Å². The zero-order valence-corrected chi connectivity index (χ0v) is 16.4. The van der Waals surface area contributed by atoms with E-state index >= 15 is 0 Å². The molecule has 8 heteroatoms. The summed E-state index contributed by atoms with van der Waals surface area (Å²) in [6.07, 6.45) is 2.71. The molecule has 0 bridgehead atoms. The van der Waals surface area contributed by atoms with E-state index in [0.717, 1.165) is 18.4 Å². The Morgan fingerprint density at radius 1 is 1.23 bits per heavy atom. The van der Waals surface area contributed by atoms with Gasteiger partial charge in [0, 0.05) is 19.5 Å². The summed E-state index contributed by atoms with van der Waals surface area (Å²) in [6, 6.07) is 6.26. The standard InChI is InChI=1S/C18H28N2O5S/c1-4-5-6-17(21)20(13-14(2)18(22)25-3)12-11-15-7-9-16(10-8-15)26(19,23)24/h7-10,14H,4-6,11-13H2,1-3H3,(H2,19,23,24). The van der Waals surface area contributed by atoms with E-state index in [4.69, 9.17) is 9.88 Å². The highest BCUT2D eigenvalue weighted by Crippen LogP contribution is 2.12. The van der Waals surface area contributed by atoms with Gasteiger partial charge in [0.25, 0.3) is 0 Å². The van der Waals surface area contributed by atoms with Gasteiger partial charge in [0.2, 0.25) is 15.9 Å². The Balaban J connectivity index is 2.78. The Kier molecular flexibility index (Phi) is 8.74. The first kappa shape index (κ1) is 22.1. The molecule has 0 aliphatic rings. The smallest absolute Gasteiger partial charge is 0.310 e. The number of nitrogens with two attached hydrogens (primary N) is 1. The van der Waals surface area contributed by atoms with E-state index < -0.39 is 15.9 Å². The number of rotatable bonds is 10. The molecule has 0 saturated heterocycles. The van der Waals surface area contributed by atoms with Crippen LogP contribution in [0.25, 0.3) is 0 Å². The number of hydrogen-bond acceptors (Lipinski definition) is 5. The van der Waals surface area contributed by atoms with Crippen LogP contribution in [0.2, 0.25) is 0 Å². The third-order valence-electron chi connectivity index (χ3n) is 4.12. The van der Waals surface area contributed by atoms with Crippen molar-refractivity contribution in [3.63, 3.8) is 0 Å². The Morgan fingerprint density at radius 3 is 2.35 bits per heavy atom. The van der Waals surface area contributed by atoms with Gasteiger partial charge in [-0.15, -0.1) is 0 Å². The molecule has 0 aliphatic heterocycles. The molecule has 1 unspecified atom stereocenters. The van der Waals surface area contributed by atoms with Crippen molar-refractivity contribution < 1.29 is 22.7 Å². The zero-order chi connectivity index (χ0) is 19.7. The van der Waals surface area contributed by atoms with Crippen LogP contribution in [0.3, 0.4) is 0 Å². The first-order valence-electron chi connectivity index (χ1n) is 8.66. The van der Waals surface area contributed by atoms with E-state index in [0.29, 0.717) is 25.9 Å². The van der Waals surface area contributed by atoms with Crippen LogP contribution in [-0.4, -0.2) is 45.4 Å². The van der Waals surface area contributed by atoms with Gasteiger partial charge in [-0.1, -0.05) is 32.4 Å². The topological polar surface area (TPSA) is 107 Å². The average molecular weight is 384 g/mol. The van der Waals surface area contributed by atoms with Gasteiger partial charge in [0.1, 0.15) is 0 Å². The number of unbranched alkanes of at least 4 members (excludes halogenated alkanes) is 1. The molecular weight excluding hydrogens is 356 g/mol. The lowest BCUT2D eigenvalue weighted by Crippen LogP contribution is -2.38. The number of primary sulfonamides is 1. The minimum Gasteiger partial charge on any atom is -0.469 e. The van der Waals surface area contributed by atoms with E-state index in [9.17, 15) is 18.0 Å². The Hall–Kier alpha value is -1.93. The summed E-state index contributed by atoms with van der Waals surface area (Å²) in [5.41, 5.74) is 0.886. The van der Waals surface area contributed by atoms with Crippen LogP contribution in [0.1, 0.15) is 38.7 Å². The normalized spacial score (nSPS) is 12.5. The summed E-state index contributed by atoms with van der Waals surface area (Å²) < 4.78 is 27.3. The van der Waals surface area contributed by atoms with Gasteiger partial charge in [-0.05, 0) is 30.5 Å². The van der Waals surface area contributed by atoms with Crippen LogP contribution in [0.5, 0.6) is 0 Å². The highest BCUT2D eigenvalue weighted by Gasteiger charge is 2.21. The molecule has 7 nitrogen and oxygen atoms in total. The monoisotopic (exact) mass is 384 g/mol. The second-order valence-electron chi connectivity index (χ2n) is 6.31. The number of ether oxygens (including phenoxy) is 1. The molecule has 1 rings (SSSR count). The van der Waals surface area contributed by atoms with E-state index in [1.165, 1.54) is 19.2 Å². The molecule has 146 valence electrons. The molecule has 0 fully saturated rings. The van der Waals surface area contributed by atoms with Crippen LogP contribution >= 0.6 is 0 Å². The number of sulfonamides is 1. The van der Waals surface area contributed by atoms with Crippen molar-refractivity contribution in [2.45, 2.75) is 44.4 Å². The van der Waals surface area contributed by atoms with Crippen molar-refractivity contribution in [2.75, 3.05) is 20.2 Å². The number of benzene rings is 1. The molecule has 0 radical (unpaired) electrons. The van der Waals surface area contributed by atoms with Crippen molar-refractivity contribution in [3.8, 4) is 0 Å². The number of methoxy groups -OCH3 is 1. The fraction of sp³-hybridized carbons (Fsp3) is 0.556. The summed E-state index contributed by atoms with van der Waals surface area (Å²) >= 11 is 0. The zero-order valence-electron chi connectivity index (χ0n) is 15.6. The molecule has 2 N–H and O–H groups in total. The predicted octanol–water partition coefficient (Wildman–Crippen LogP) is 1.70. The molecule has 0 saturated carbocycles. The number of carbonyl (C=O) groups is 2. The van der Waals surface area contributed by atoms with Crippen molar-refractivity contribution in [3.05, 3.63) is 29.8 Å². The molecule has 0 spiro atoms. The van der Waals surface area contributed by atoms with Crippen molar-refractivity contribution in [2.24, 2.45) is 11.1 Å². The van der Waals surface area contributed by atoms with Gasteiger partial charge in [0.15, 0.2) is 0 Å². The molecular formula is C18H28N2O5S. The number of hydrogen-bond donors (Lipinski definition) is 1. The number of nitrogens with zero attached hydrogens (tertiary/aromatic N) is 1. The summed E-state index contributed by atoms with van der Waals surface area (Å²) in [4.78, 5) is 25.8. The number of esters is 1. The molecule has 1 aromatic carbocycles. The van der Waals surface area contributed by atoms with Crippen LogP contribution < -0.4 is 5.14 Å². The predicted molar refractivity (Wildman–Crippen MR) is 98.8 cm³/mol. The molecule has 1 aromatic rings. The third-order valence-corrected chi connectivity index (χ3v) is 5.05. The summed E-state index contributed by atoms with van der Waals surface area (Å²) in [5.74, 6) is -0.755. The van der Waals surface area contributed by atoms with Crippen molar-refractivity contribution in [1.29, 1.82) is 0 Å². The minimum absolute atomic E-state index is 0.00348. The fourth-order valence-corrected chi connectivity index (χ4v) is 3.04. The average Bonchev–Trinajstić information content (AvgIpc) is 2.61. The van der Waals surface area contributed by atoms with Crippen molar-refractivity contribution >= 4 is 21.9 Å². The minimum atomic E-state index is -3.72. The second-order valence-corrected chi connectivity index (χ2v) is 7.87. The Labute approximate surface area is 155 Å². The van der Waals surface area contributed by atoms with E-state index in [1.54, 1.807) is 24.0 Å². The summed E-state index contributed by atoms with van der Waals surface area (Å²) in [7, 11) is -2.39. The third kappa shape index (κ3) is 7.13. The van der Waals surface area contributed by atoms with Crippen LogP contribution in [0.4, 0.5) is 0 Å². The lowest BCUT2D eigenvalue weighted by molar-refractivity contribution is -0.146. The fourth-order valence-electron chi connectivity index (χ4n) is 2.52. The van der Waals surface area contributed by atoms with Crippen molar-refractivity contribution in [1.82, 2.24) is 4.90 Å². The van der Waals surface area contributed by atoms with Gasteiger partial charge in [-0.3, -0.25) is 9.59 Å². The molecule has 0 aromatic heterocycles. The van der Waals surface area contributed by atoms with E-state index in [1.807, 2.05) is 6.92 Å². The molecule has 1 amide bonds. The SMILES string of the molecule is CCCCC(=O)N(CCc1ccc(S(N)(=O)=O)cc1)CC(C)C(=O)OC. The first-order chi connectivity index (χ1) is 12.2. The maximum atomic E-state index is 12.4. The molecule has 1 atom stereocenters. The maximum absolute atomic E-state index is 12.4. The Bertz CT molecular complexity index is 701. The van der Waals surface area contributed by atoms with Crippen LogP contribution in [-0.2, 0) is 30.8 Å². The highest BCUT2D eigenvalue weighted by molar-refractivity contribution is 7.89. The summed E-state index contributed by atoms with van der Waals surface area (Å²) in [5, 5.41) is 5.09. The number of amides is 1. The number of carbonyl (C=O) groups excluding carboxylic acids is 2. The van der Waals surface area contributed by atoms with Gasteiger partial charge >= 0.3 is 5.97 Å². The second kappa shape index (κ2) is 10.3. The lowest BCUT2D eigenvalue weighted by Gasteiger charge is -2.25. The van der Waals surface area contributed by atoms with Gasteiger partial charge in [0.05, 0.1) is 17.9 Å².